The summed E-state index contributed by atoms with van der Waals surface area (Å²) in [4.78, 5) is 13.0. The van der Waals surface area contributed by atoms with Crippen molar-refractivity contribution in [3.63, 3.8) is 0 Å². The Balaban J connectivity index is 1.09. The van der Waals surface area contributed by atoms with Gasteiger partial charge in [0.25, 0.3) is 0 Å². The van der Waals surface area contributed by atoms with Crippen LogP contribution in [0.15, 0.2) is 24.3 Å². The predicted molar refractivity (Wildman–Crippen MR) is 147 cm³/mol. The van der Waals surface area contributed by atoms with Gasteiger partial charge in [-0.3, -0.25) is 4.90 Å². The highest BCUT2D eigenvalue weighted by molar-refractivity contribution is 5.62. The predicted octanol–water partition coefficient (Wildman–Crippen LogP) is 6.16. The minimum atomic E-state index is -1.18. The van der Waals surface area contributed by atoms with E-state index in [0.29, 0.717) is 6.61 Å². The van der Waals surface area contributed by atoms with Gasteiger partial charge in [0.2, 0.25) is 0 Å². The van der Waals surface area contributed by atoms with Crippen LogP contribution in [0.3, 0.4) is 0 Å². The first-order valence-corrected chi connectivity index (χ1v) is 15.3. The van der Waals surface area contributed by atoms with Gasteiger partial charge in [-0.05, 0) is 87.0 Å². The molecule has 0 radical (unpaired) electrons. The fraction of sp³-hybridized carbons (Fsp3) is 0.719. The highest BCUT2D eigenvalue weighted by Crippen LogP contribution is 2.65. The van der Waals surface area contributed by atoms with Gasteiger partial charge in [-0.15, -0.1) is 0 Å². The third kappa shape index (κ3) is 4.46. The standard InChI is InChI=1S/C32H45NO5/c1-22-15-16-32(36)26-20-25-14-13-24(10-8-6-4-2-3-5-7-9-19-37-30(34)35)28-27(25)31(32,29(22)38-28)17-18-33(26)21-23-11-12-23/h13-14,23,26,29,36H,1-12,15-21H2,(H,34,35)/t26?,29-,31-,32+/m0/s1. The van der Waals surface area contributed by atoms with Crippen LogP contribution in [0.5, 0.6) is 5.75 Å². The summed E-state index contributed by atoms with van der Waals surface area (Å²) in [5.41, 5.74) is 4.21. The first-order valence-electron chi connectivity index (χ1n) is 15.3. The summed E-state index contributed by atoms with van der Waals surface area (Å²) in [6.45, 7) is 6.98. The molecule has 1 saturated heterocycles. The molecule has 5 aliphatic rings. The molecule has 2 saturated carbocycles. The largest absolute Gasteiger partial charge is 0.505 e. The number of aliphatic hydroxyl groups is 1. The summed E-state index contributed by atoms with van der Waals surface area (Å²) < 4.78 is 11.4. The van der Waals surface area contributed by atoms with Crippen molar-refractivity contribution in [1.82, 2.24) is 4.90 Å². The second-order valence-electron chi connectivity index (χ2n) is 12.7. The van der Waals surface area contributed by atoms with Gasteiger partial charge in [-0.1, -0.05) is 57.2 Å². The van der Waals surface area contributed by atoms with Gasteiger partial charge >= 0.3 is 6.16 Å². The lowest BCUT2D eigenvalue weighted by Crippen LogP contribution is -2.75. The molecule has 208 valence electrons. The van der Waals surface area contributed by atoms with E-state index in [-0.39, 0.29) is 17.6 Å². The number of unbranched alkanes of at least 4 members (excludes halogenated alkanes) is 7. The Labute approximate surface area is 227 Å². The SMILES string of the molecule is C=C1CC[C@@]2(O)C3Cc4ccc(CCCCCCCCCCOC(=O)O)c5c4[C@@]2(CCN3CC2CC2)[C@H]1O5. The maximum Gasteiger partial charge on any atom is 0.505 e. The second-order valence-corrected chi connectivity index (χ2v) is 12.7. The summed E-state index contributed by atoms with van der Waals surface area (Å²) in [7, 11) is 0. The van der Waals surface area contributed by atoms with Crippen LogP contribution in [0, 0.1) is 5.92 Å². The highest BCUT2D eigenvalue weighted by Gasteiger charge is 2.71. The molecule has 4 atom stereocenters. The third-order valence-corrected chi connectivity index (χ3v) is 10.4. The lowest BCUT2D eigenvalue weighted by molar-refractivity contribution is -0.174. The van der Waals surface area contributed by atoms with Gasteiger partial charge in [0.15, 0.2) is 0 Å². The summed E-state index contributed by atoms with van der Waals surface area (Å²) in [5.74, 6) is 1.92. The van der Waals surface area contributed by atoms with Crippen molar-refractivity contribution < 1.29 is 24.5 Å². The Morgan fingerprint density at radius 1 is 1.08 bits per heavy atom. The summed E-state index contributed by atoms with van der Waals surface area (Å²) in [6.07, 6.45) is 15.1. The van der Waals surface area contributed by atoms with E-state index in [0.717, 1.165) is 82.5 Å². The Bertz CT molecular complexity index is 1070. The molecule has 0 amide bonds. The second kappa shape index (κ2) is 10.5. The van der Waals surface area contributed by atoms with Crippen LogP contribution >= 0.6 is 0 Å². The fourth-order valence-corrected chi connectivity index (χ4v) is 8.30. The van der Waals surface area contributed by atoms with Crippen LogP contribution in [-0.2, 0) is 23.0 Å². The van der Waals surface area contributed by atoms with E-state index in [9.17, 15) is 9.90 Å². The van der Waals surface area contributed by atoms with Crippen LogP contribution in [0.4, 0.5) is 4.79 Å². The summed E-state index contributed by atoms with van der Waals surface area (Å²) >= 11 is 0. The molecule has 3 aliphatic carbocycles. The molecule has 0 aromatic heterocycles. The van der Waals surface area contributed by atoms with Crippen LogP contribution in [0.1, 0.15) is 100 Å². The number of hydrogen-bond acceptors (Lipinski definition) is 5. The zero-order valence-electron chi connectivity index (χ0n) is 22.9. The smallest absolute Gasteiger partial charge is 0.484 e. The number of benzene rings is 1. The molecule has 2 aliphatic heterocycles. The van der Waals surface area contributed by atoms with Crippen molar-refractivity contribution in [2.24, 2.45) is 5.92 Å². The third-order valence-electron chi connectivity index (χ3n) is 10.4. The Hall–Kier alpha value is -2.05. The number of carbonyl (C=O) groups is 1. The van der Waals surface area contributed by atoms with Crippen molar-refractivity contribution in [1.29, 1.82) is 0 Å². The molecule has 3 fully saturated rings. The van der Waals surface area contributed by atoms with Gasteiger partial charge < -0.3 is 19.7 Å². The number of likely N-dealkylation sites (tertiary alicyclic amines) is 1. The van der Waals surface area contributed by atoms with Crippen LogP contribution in [0.25, 0.3) is 0 Å². The van der Waals surface area contributed by atoms with Crippen molar-refractivity contribution >= 4 is 6.16 Å². The van der Waals surface area contributed by atoms with E-state index < -0.39 is 11.8 Å². The van der Waals surface area contributed by atoms with Gasteiger partial charge in [0, 0.05) is 18.2 Å². The molecule has 1 aromatic rings. The lowest BCUT2D eigenvalue weighted by atomic mass is 9.48. The Kier molecular flexibility index (Phi) is 7.23. The monoisotopic (exact) mass is 523 g/mol. The zero-order chi connectivity index (χ0) is 26.3. The van der Waals surface area contributed by atoms with Crippen molar-refractivity contribution in [3.05, 3.63) is 41.0 Å². The first-order chi connectivity index (χ1) is 18.4. The van der Waals surface area contributed by atoms with Crippen LogP contribution in [-0.4, -0.2) is 58.7 Å². The average molecular weight is 524 g/mol. The minimum absolute atomic E-state index is 0.0806. The van der Waals surface area contributed by atoms with Crippen LogP contribution < -0.4 is 4.74 Å². The van der Waals surface area contributed by atoms with E-state index in [1.54, 1.807) is 0 Å². The van der Waals surface area contributed by atoms with Crippen molar-refractivity contribution in [2.75, 3.05) is 19.7 Å². The maximum atomic E-state index is 12.5. The molecule has 1 unspecified atom stereocenters. The van der Waals surface area contributed by atoms with E-state index in [1.165, 1.54) is 60.8 Å². The van der Waals surface area contributed by atoms with Gasteiger partial charge in [-0.2, -0.15) is 0 Å². The van der Waals surface area contributed by atoms with Crippen LogP contribution in [0.2, 0.25) is 0 Å². The minimum Gasteiger partial charge on any atom is -0.484 e. The lowest BCUT2D eigenvalue weighted by Gasteiger charge is -2.63. The molecule has 2 bridgehead atoms. The van der Waals surface area contributed by atoms with E-state index >= 15 is 0 Å². The first kappa shape index (κ1) is 26.2. The van der Waals surface area contributed by atoms with Gasteiger partial charge in [0.1, 0.15) is 11.9 Å². The number of nitrogens with zero attached hydrogens (tertiary/aromatic N) is 1. The average Bonchev–Trinajstić information content (AvgIpc) is 3.63. The topological polar surface area (TPSA) is 79.2 Å². The quantitative estimate of drug-likeness (QED) is 0.183. The number of ether oxygens (including phenoxy) is 2. The molecule has 2 N–H and O–H groups in total. The molecule has 38 heavy (non-hydrogen) atoms. The normalized spacial score (nSPS) is 31.1. The number of piperidine rings is 1. The van der Waals surface area contributed by atoms with Crippen molar-refractivity contribution in [2.45, 2.75) is 119 Å². The zero-order valence-corrected chi connectivity index (χ0v) is 22.9. The summed E-state index contributed by atoms with van der Waals surface area (Å²) in [5, 5.41) is 21.0. The molecule has 6 heteroatoms. The summed E-state index contributed by atoms with van der Waals surface area (Å²) in [6, 6.07) is 4.88. The number of carboxylic acid groups (broad SMARTS) is 1. The van der Waals surface area contributed by atoms with E-state index in [4.69, 9.17) is 9.84 Å². The van der Waals surface area contributed by atoms with Gasteiger partial charge in [0.05, 0.1) is 17.6 Å². The number of aryl methyl sites for hydroxylation is 1. The van der Waals surface area contributed by atoms with E-state index in [2.05, 4.69) is 28.3 Å². The molecule has 1 spiro atoms. The highest BCUT2D eigenvalue weighted by atomic mass is 16.7. The molecular weight excluding hydrogens is 478 g/mol. The molecule has 6 rings (SSSR count). The molecule has 2 heterocycles. The Morgan fingerprint density at radius 3 is 2.55 bits per heavy atom. The fourth-order valence-electron chi connectivity index (χ4n) is 8.30. The van der Waals surface area contributed by atoms with Crippen molar-refractivity contribution in [3.8, 4) is 5.75 Å². The van der Waals surface area contributed by atoms with Gasteiger partial charge in [-0.25, -0.2) is 4.79 Å². The number of rotatable bonds is 13. The molecule has 6 nitrogen and oxygen atoms in total. The molecule has 1 aromatic carbocycles. The van der Waals surface area contributed by atoms with E-state index in [1.807, 2.05) is 0 Å². The maximum absolute atomic E-state index is 12.5. The number of hydrogen-bond donors (Lipinski definition) is 2. The Morgan fingerprint density at radius 2 is 1.82 bits per heavy atom. The molecular formula is C32H45NO5.